The number of nitrogens with zero attached hydrogens (tertiary/aromatic N) is 1. The third-order valence-corrected chi connectivity index (χ3v) is 11.8. The fourth-order valence-corrected chi connectivity index (χ4v) is 10.8. The molecule has 0 aromatic heterocycles. The molecule has 1 aliphatic heterocycles. The zero-order chi connectivity index (χ0) is 22.1. The van der Waals surface area contributed by atoms with E-state index in [-0.39, 0.29) is 0 Å². The van der Waals surface area contributed by atoms with Crippen LogP contribution in [0.3, 0.4) is 0 Å². The van der Waals surface area contributed by atoms with Crippen LogP contribution in [0.25, 0.3) is 0 Å². The summed E-state index contributed by atoms with van der Waals surface area (Å²) in [5, 5.41) is 0. The summed E-state index contributed by atoms with van der Waals surface area (Å²) in [5.74, 6) is 4.96. The lowest BCUT2D eigenvalue weighted by molar-refractivity contribution is -0.177. The first-order valence-electron chi connectivity index (χ1n) is 13.7. The van der Waals surface area contributed by atoms with E-state index in [0.717, 1.165) is 29.6 Å². The Morgan fingerprint density at radius 1 is 0.839 bits per heavy atom. The Labute approximate surface area is 193 Å². The van der Waals surface area contributed by atoms with Gasteiger partial charge in [-0.2, -0.15) is 0 Å². The van der Waals surface area contributed by atoms with Crippen molar-refractivity contribution in [3.63, 3.8) is 0 Å². The molecule has 0 amide bonds. The molecule has 8 unspecified atom stereocenters. The highest BCUT2D eigenvalue weighted by Crippen LogP contribution is 2.71. The highest BCUT2D eigenvalue weighted by Gasteiger charge is 2.66. The van der Waals surface area contributed by atoms with Crippen LogP contribution in [0.2, 0.25) is 0 Å². The zero-order valence-electron chi connectivity index (χ0n) is 21.3. The van der Waals surface area contributed by atoms with Gasteiger partial charge in [-0.25, -0.2) is 0 Å². The Kier molecular flexibility index (Phi) is 5.36. The first-order chi connectivity index (χ1) is 14.7. The standard InChI is InChI=1S/C27H43N.C3H6/c1-24(2)12-6-13-26(4)22(24)11-15-25(3)20-10-16-27(28-17-18-28)14-5-7-21(27)19(20)8-9-23(25)26;1-3-2/h6,12,19-23H,5,7-11,13-18H2,1-4H3;3H,1H2,2H3. The molecular weight excluding hydrogens is 374 g/mol. The average Bonchev–Trinajstić information content (AvgIpc) is 3.47. The van der Waals surface area contributed by atoms with E-state index >= 15 is 0 Å². The number of hydrogen-bond donors (Lipinski definition) is 0. The Hall–Kier alpha value is -0.560. The quantitative estimate of drug-likeness (QED) is 0.306. The second kappa shape index (κ2) is 7.48. The maximum atomic E-state index is 3.36. The lowest BCUT2D eigenvalue weighted by atomic mass is 9.37. The van der Waals surface area contributed by atoms with Gasteiger partial charge in [0.15, 0.2) is 0 Å². The molecule has 1 heteroatoms. The van der Waals surface area contributed by atoms with Gasteiger partial charge in [0.1, 0.15) is 0 Å². The molecule has 1 nitrogen and oxygen atoms in total. The van der Waals surface area contributed by atoms with Gasteiger partial charge < -0.3 is 0 Å². The fraction of sp³-hybridized carbons (Fsp3) is 0.867. The summed E-state index contributed by atoms with van der Waals surface area (Å²) in [7, 11) is 0. The normalized spacial score (nSPS) is 52.0. The van der Waals surface area contributed by atoms with E-state index in [0.29, 0.717) is 21.8 Å². The smallest absolute Gasteiger partial charge is 0.0241 e. The summed E-state index contributed by atoms with van der Waals surface area (Å²) >= 11 is 0. The van der Waals surface area contributed by atoms with E-state index in [9.17, 15) is 0 Å². The van der Waals surface area contributed by atoms with Gasteiger partial charge >= 0.3 is 0 Å². The molecule has 4 saturated carbocycles. The molecule has 1 saturated heterocycles. The van der Waals surface area contributed by atoms with Crippen molar-refractivity contribution in [3.8, 4) is 0 Å². The van der Waals surface area contributed by atoms with Gasteiger partial charge in [-0.05, 0) is 111 Å². The van der Waals surface area contributed by atoms with Crippen molar-refractivity contribution < 1.29 is 0 Å². The molecule has 0 aromatic rings. The molecule has 8 atom stereocenters. The number of hydrogen-bond acceptors (Lipinski definition) is 1. The molecule has 0 radical (unpaired) electrons. The van der Waals surface area contributed by atoms with Crippen LogP contribution in [0.1, 0.15) is 98.8 Å². The van der Waals surface area contributed by atoms with Crippen molar-refractivity contribution in [2.45, 2.75) is 104 Å². The van der Waals surface area contributed by atoms with Crippen LogP contribution in [0.15, 0.2) is 24.8 Å². The summed E-state index contributed by atoms with van der Waals surface area (Å²) in [6.07, 6.45) is 22.0. The largest absolute Gasteiger partial charge is 0.295 e. The van der Waals surface area contributed by atoms with Crippen molar-refractivity contribution in [2.24, 2.45) is 45.8 Å². The van der Waals surface area contributed by atoms with Gasteiger partial charge in [0, 0.05) is 18.6 Å². The van der Waals surface area contributed by atoms with Crippen LogP contribution < -0.4 is 0 Å². The molecular formula is C30H49N. The van der Waals surface area contributed by atoms with E-state index < -0.39 is 0 Å². The number of fused-ring (bicyclic) bond motifs is 7. The molecule has 5 fully saturated rings. The Morgan fingerprint density at radius 3 is 2.29 bits per heavy atom. The van der Waals surface area contributed by atoms with Crippen molar-refractivity contribution in [3.05, 3.63) is 24.8 Å². The molecule has 174 valence electrons. The lowest BCUT2D eigenvalue weighted by Gasteiger charge is -2.68. The predicted octanol–water partition coefficient (Wildman–Crippen LogP) is 7.88. The first kappa shape index (κ1) is 22.2. The number of allylic oxidation sites excluding steroid dienone is 3. The Morgan fingerprint density at radius 2 is 1.58 bits per heavy atom. The minimum absolute atomic E-state index is 0.400. The van der Waals surface area contributed by atoms with Gasteiger partial charge in [-0.15, -0.1) is 6.58 Å². The molecule has 0 aromatic carbocycles. The monoisotopic (exact) mass is 423 g/mol. The average molecular weight is 424 g/mol. The maximum Gasteiger partial charge on any atom is 0.0241 e. The van der Waals surface area contributed by atoms with E-state index in [1.165, 1.54) is 58.0 Å². The van der Waals surface area contributed by atoms with Gasteiger partial charge in [0.05, 0.1) is 0 Å². The Balaban J connectivity index is 0.000000646. The van der Waals surface area contributed by atoms with Crippen LogP contribution in [-0.4, -0.2) is 23.5 Å². The van der Waals surface area contributed by atoms with Crippen LogP contribution in [0.5, 0.6) is 0 Å². The van der Waals surface area contributed by atoms with Gasteiger partial charge in [-0.3, -0.25) is 4.90 Å². The van der Waals surface area contributed by atoms with E-state index in [2.05, 4.69) is 51.3 Å². The van der Waals surface area contributed by atoms with Crippen LogP contribution in [0, 0.1) is 45.8 Å². The second-order valence-electron chi connectivity index (χ2n) is 13.5. The first-order valence-corrected chi connectivity index (χ1v) is 13.7. The van der Waals surface area contributed by atoms with Crippen molar-refractivity contribution in [1.82, 2.24) is 4.90 Å². The minimum Gasteiger partial charge on any atom is -0.295 e. The van der Waals surface area contributed by atoms with Gasteiger partial charge in [0.25, 0.3) is 0 Å². The fourth-order valence-electron chi connectivity index (χ4n) is 10.8. The summed E-state index contributed by atoms with van der Waals surface area (Å²) in [4.78, 5) is 2.90. The van der Waals surface area contributed by atoms with Crippen LogP contribution >= 0.6 is 0 Å². The highest BCUT2D eigenvalue weighted by molar-refractivity contribution is 5.20. The van der Waals surface area contributed by atoms with Crippen molar-refractivity contribution in [2.75, 3.05) is 13.1 Å². The van der Waals surface area contributed by atoms with Crippen LogP contribution in [-0.2, 0) is 0 Å². The summed E-state index contributed by atoms with van der Waals surface area (Å²) in [5.41, 5.74) is 2.21. The summed E-state index contributed by atoms with van der Waals surface area (Å²) in [6.45, 7) is 18.6. The third kappa shape index (κ3) is 3.11. The van der Waals surface area contributed by atoms with Gasteiger partial charge in [0.2, 0.25) is 0 Å². The third-order valence-electron chi connectivity index (χ3n) is 11.8. The topological polar surface area (TPSA) is 3.01 Å². The maximum absolute atomic E-state index is 3.36. The van der Waals surface area contributed by atoms with Gasteiger partial charge in [-0.1, -0.05) is 52.3 Å². The van der Waals surface area contributed by atoms with Crippen LogP contribution in [0.4, 0.5) is 0 Å². The molecule has 6 aliphatic rings. The zero-order valence-corrected chi connectivity index (χ0v) is 21.3. The predicted molar refractivity (Wildman–Crippen MR) is 133 cm³/mol. The van der Waals surface area contributed by atoms with E-state index in [1.807, 2.05) is 6.92 Å². The molecule has 0 spiro atoms. The highest BCUT2D eigenvalue weighted by atomic mass is 15.3. The molecule has 5 aliphatic carbocycles. The number of rotatable bonds is 1. The van der Waals surface area contributed by atoms with E-state index in [4.69, 9.17) is 0 Å². The molecule has 1 heterocycles. The van der Waals surface area contributed by atoms with E-state index in [1.54, 1.807) is 25.3 Å². The molecule has 0 bridgehead atoms. The lowest BCUT2D eigenvalue weighted by Crippen LogP contribution is -2.62. The summed E-state index contributed by atoms with van der Waals surface area (Å²) < 4.78 is 0. The van der Waals surface area contributed by atoms with Crippen molar-refractivity contribution in [1.29, 1.82) is 0 Å². The molecule has 31 heavy (non-hydrogen) atoms. The SMILES string of the molecule is C=CC.CC1(C)C=CCC2(C)C1CCC1(C)C3CCC4(N5CC5)CCCC4C3CCC12. The van der Waals surface area contributed by atoms with Crippen molar-refractivity contribution >= 4 is 0 Å². The molecule has 0 N–H and O–H groups in total. The molecule has 6 rings (SSSR count). The minimum atomic E-state index is 0.400. The Bertz CT molecular complexity index is 731. The second-order valence-corrected chi connectivity index (χ2v) is 13.5. The summed E-state index contributed by atoms with van der Waals surface area (Å²) in [6, 6.07) is 0.